The summed E-state index contributed by atoms with van der Waals surface area (Å²) in [6, 6.07) is 3.10. The molecule has 106 valence electrons. The van der Waals surface area contributed by atoms with Crippen LogP contribution in [0.15, 0.2) is 23.1 Å². The maximum Gasteiger partial charge on any atom is 0.328 e. The van der Waals surface area contributed by atoms with E-state index in [-0.39, 0.29) is 11.4 Å². The van der Waals surface area contributed by atoms with Crippen molar-refractivity contribution in [2.75, 3.05) is 14.1 Å². The van der Waals surface area contributed by atoms with Crippen molar-refractivity contribution in [2.24, 2.45) is 14.1 Å². The molecule has 1 aromatic carbocycles. The molecule has 2 rings (SSSR count). The molecule has 0 unspecified atom stereocenters. The second-order valence-electron chi connectivity index (χ2n) is 4.84. The Bertz CT molecular complexity index is 768. The summed E-state index contributed by atoms with van der Waals surface area (Å²) in [5.74, 6) is 0. The molecule has 0 atom stereocenters. The highest BCUT2D eigenvalue weighted by Crippen LogP contribution is 2.26. The van der Waals surface area contributed by atoms with E-state index in [4.69, 9.17) is 0 Å². The van der Waals surface area contributed by atoms with E-state index in [0.717, 1.165) is 0 Å². The zero-order chi connectivity index (χ0) is 15.0. The predicted octanol–water partition coefficient (Wildman–Crippen LogP) is 1.32. The van der Waals surface area contributed by atoms with Crippen LogP contribution < -0.4 is 5.69 Å². The standard InChI is InChI=1S/C13H16N4O3/c1-14(2)6-5-9-7-11-12(8-10(9)17(19)20)16(4)13(18)15(11)3/h5-8H,1-4H3/b6-5+. The molecule has 0 N–H and O–H groups in total. The van der Waals surface area contributed by atoms with Gasteiger partial charge in [-0.1, -0.05) is 0 Å². The number of nitro groups is 1. The number of aryl methyl sites for hydroxylation is 2. The van der Waals surface area contributed by atoms with E-state index in [2.05, 4.69) is 0 Å². The number of benzene rings is 1. The Kier molecular flexibility index (Phi) is 3.35. The van der Waals surface area contributed by atoms with Gasteiger partial charge in [0.2, 0.25) is 0 Å². The predicted molar refractivity (Wildman–Crippen MR) is 77.5 cm³/mol. The number of hydrogen-bond donors (Lipinski definition) is 0. The van der Waals surface area contributed by atoms with Crippen LogP contribution in [-0.2, 0) is 14.1 Å². The molecule has 1 heterocycles. The number of rotatable bonds is 3. The Morgan fingerprint density at radius 2 is 1.75 bits per heavy atom. The summed E-state index contributed by atoms with van der Waals surface area (Å²) in [6.45, 7) is 0. The SMILES string of the molecule is CN(C)/C=C/c1cc2c(cc1[N+](=O)[O-])n(C)c(=O)n2C. The first-order valence-electron chi connectivity index (χ1n) is 6.01. The molecule has 7 heteroatoms. The van der Waals surface area contributed by atoms with E-state index in [9.17, 15) is 14.9 Å². The third-order valence-electron chi connectivity index (χ3n) is 3.17. The highest BCUT2D eigenvalue weighted by Gasteiger charge is 2.17. The van der Waals surface area contributed by atoms with Gasteiger partial charge in [-0.05, 0) is 18.3 Å². The third-order valence-corrected chi connectivity index (χ3v) is 3.17. The van der Waals surface area contributed by atoms with Gasteiger partial charge in [0.25, 0.3) is 5.69 Å². The van der Waals surface area contributed by atoms with Crippen LogP contribution in [-0.4, -0.2) is 33.1 Å². The minimum Gasteiger partial charge on any atom is -0.383 e. The molecule has 0 bridgehead atoms. The Morgan fingerprint density at radius 3 is 2.25 bits per heavy atom. The van der Waals surface area contributed by atoms with E-state index in [0.29, 0.717) is 16.6 Å². The summed E-state index contributed by atoms with van der Waals surface area (Å²) in [5.41, 5.74) is 1.46. The lowest BCUT2D eigenvalue weighted by Crippen LogP contribution is -2.19. The summed E-state index contributed by atoms with van der Waals surface area (Å²) in [5, 5.41) is 11.2. The fourth-order valence-electron chi connectivity index (χ4n) is 2.07. The van der Waals surface area contributed by atoms with Gasteiger partial charge in [-0.25, -0.2) is 4.79 Å². The van der Waals surface area contributed by atoms with Crippen LogP contribution in [0.4, 0.5) is 5.69 Å². The number of imidazole rings is 1. The molecular weight excluding hydrogens is 260 g/mol. The Hall–Kier alpha value is -2.57. The molecule has 0 saturated carbocycles. The molecule has 0 spiro atoms. The highest BCUT2D eigenvalue weighted by molar-refractivity contribution is 5.83. The molecule has 1 aromatic heterocycles. The van der Waals surface area contributed by atoms with Crippen molar-refractivity contribution in [1.29, 1.82) is 0 Å². The lowest BCUT2D eigenvalue weighted by Gasteiger charge is -2.04. The number of fused-ring (bicyclic) bond motifs is 1. The van der Waals surface area contributed by atoms with Crippen LogP contribution in [0.5, 0.6) is 0 Å². The van der Waals surface area contributed by atoms with E-state index in [1.807, 2.05) is 14.1 Å². The lowest BCUT2D eigenvalue weighted by atomic mass is 10.1. The van der Waals surface area contributed by atoms with Gasteiger partial charge >= 0.3 is 5.69 Å². The minimum absolute atomic E-state index is 0.0169. The molecule has 0 fully saturated rings. The monoisotopic (exact) mass is 276 g/mol. The summed E-state index contributed by atoms with van der Waals surface area (Å²) >= 11 is 0. The molecular formula is C13H16N4O3. The summed E-state index contributed by atoms with van der Waals surface area (Å²) < 4.78 is 2.88. The average Bonchev–Trinajstić information content (AvgIpc) is 2.60. The summed E-state index contributed by atoms with van der Waals surface area (Å²) in [7, 11) is 6.91. The van der Waals surface area contributed by atoms with Gasteiger partial charge in [0.15, 0.2) is 0 Å². The normalized spacial score (nSPS) is 11.4. The smallest absolute Gasteiger partial charge is 0.328 e. The molecule has 20 heavy (non-hydrogen) atoms. The van der Waals surface area contributed by atoms with Crippen molar-refractivity contribution in [3.63, 3.8) is 0 Å². The van der Waals surface area contributed by atoms with Crippen molar-refractivity contribution in [3.05, 3.63) is 44.5 Å². The van der Waals surface area contributed by atoms with Crippen molar-refractivity contribution < 1.29 is 4.92 Å². The van der Waals surface area contributed by atoms with Gasteiger partial charge in [-0.15, -0.1) is 0 Å². The van der Waals surface area contributed by atoms with E-state index >= 15 is 0 Å². The first kappa shape index (κ1) is 13.9. The van der Waals surface area contributed by atoms with E-state index in [1.165, 1.54) is 15.2 Å². The zero-order valence-electron chi connectivity index (χ0n) is 11.8. The minimum atomic E-state index is -0.438. The largest absolute Gasteiger partial charge is 0.383 e. The molecule has 2 aromatic rings. The molecule has 0 saturated heterocycles. The number of aromatic nitrogens is 2. The van der Waals surface area contributed by atoms with Gasteiger partial charge in [0.1, 0.15) is 0 Å². The van der Waals surface area contributed by atoms with Gasteiger partial charge in [-0.2, -0.15) is 0 Å². The second kappa shape index (κ2) is 4.84. The molecule has 0 aliphatic carbocycles. The summed E-state index contributed by atoms with van der Waals surface area (Å²) in [4.78, 5) is 24.4. The van der Waals surface area contributed by atoms with Crippen molar-refractivity contribution in [1.82, 2.24) is 14.0 Å². The van der Waals surface area contributed by atoms with Gasteiger partial charge in [-0.3, -0.25) is 19.2 Å². The molecule has 7 nitrogen and oxygen atoms in total. The van der Waals surface area contributed by atoms with E-state index < -0.39 is 4.92 Å². The van der Waals surface area contributed by atoms with Crippen LogP contribution in [0.1, 0.15) is 5.56 Å². The third kappa shape index (κ3) is 2.18. The Balaban J connectivity index is 2.79. The lowest BCUT2D eigenvalue weighted by molar-refractivity contribution is -0.385. The maximum atomic E-state index is 11.9. The van der Waals surface area contributed by atoms with Crippen LogP contribution in [0.3, 0.4) is 0 Å². The van der Waals surface area contributed by atoms with E-state index in [1.54, 1.807) is 37.3 Å². The van der Waals surface area contributed by atoms with Crippen molar-refractivity contribution >= 4 is 22.8 Å². The fourth-order valence-corrected chi connectivity index (χ4v) is 2.07. The summed E-state index contributed by atoms with van der Waals surface area (Å²) in [6.07, 6.45) is 3.39. The number of nitro benzene ring substituents is 1. The molecule has 0 aliphatic heterocycles. The second-order valence-corrected chi connectivity index (χ2v) is 4.84. The van der Waals surface area contributed by atoms with Crippen molar-refractivity contribution in [2.45, 2.75) is 0 Å². The average molecular weight is 276 g/mol. The molecule has 0 aliphatic rings. The maximum absolute atomic E-state index is 11.9. The highest BCUT2D eigenvalue weighted by atomic mass is 16.6. The van der Waals surface area contributed by atoms with Gasteiger partial charge in [0, 0.05) is 34.3 Å². The Morgan fingerprint density at radius 1 is 1.20 bits per heavy atom. The van der Waals surface area contributed by atoms with Crippen molar-refractivity contribution in [3.8, 4) is 0 Å². The molecule has 0 amide bonds. The first-order valence-corrected chi connectivity index (χ1v) is 6.01. The quantitative estimate of drug-likeness (QED) is 0.626. The topological polar surface area (TPSA) is 73.3 Å². The number of nitrogens with zero attached hydrogens (tertiary/aromatic N) is 4. The fraction of sp³-hybridized carbons (Fsp3) is 0.308. The van der Waals surface area contributed by atoms with Gasteiger partial charge < -0.3 is 4.90 Å². The number of hydrogen-bond acceptors (Lipinski definition) is 4. The zero-order valence-corrected chi connectivity index (χ0v) is 11.8. The van der Waals surface area contributed by atoms with Crippen LogP contribution in [0, 0.1) is 10.1 Å². The van der Waals surface area contributed by atoms with Crippen LogP contribution in [0.2, 0.25) is 0 Å². The van der Waals surface area contributed by atoms with Crippen LogP contribution >= 0.6 is 0 Å². The van der Waals surface area contributed by atoms with Gasteiger partial charge in [0.05, 0.1) is 21.5 Å². The first-order chi connectivity index (χ1) is 9.32. The Labute approximate surface area is 115 Å². The van der Waals surface area contributed by atoms with Crippen LogP contribution in [0.25, 0.3) is 17.1 Å². The molecule has 0 radical (unpaired) electrons.